The third kappa shape index (κ3) is 6.62. The highest BCUT2D eigenvalue weighted by molar-refractivity contribution is 5.96. The van der Waals surface area contributed by atoms with Crippen LogP contribution in [0.2, 0.25) is 0 Å². The van der Waals surface area contributed by atoms with E-state index < -0.39 is 23.7 Å². The predicted octanol–water partition coefficient (Wildman–Crippen LogP) is 5.24. The van der Waals surface area contributed by atoms with E-state index in [9.17, 15) is 14.4 Å². The molecule has 0 bridgehead atoms. The second-order valence-electron chi connectivity index (χ2n) is 10.7. The van der Waals surface area contributed by atoms with Crippen molar-refractivity contribution in [2.45, 2.75) is 51.2 Å². The molecule has 2 N–H and O–H groups in total. The van der Waals surface area contributed by atoms with Gasteiger partial charge in [0, 0.05) is 13.0 Å². The molecule has 0 fully saturated rings. The van der Waals surface area contributed by atoms with E-state index >= 15 is 0 Å². The molecule has 0 radical (unpaired) electrons. The highest BCUT2D eigenvalue weighted by atomic mass is 16.6. The number of nitrogens with one attached hydrogen (secondary N) is 2. The van der Waals surface area contributed by atoms with Crippen LogP contribution in [0.25, 0.3) is 11.1 Å². The van der Waals surface area contributed by atoms with Crippen molar-refractivity contribution in [1.29, 1.82) is 0 Å². The number of carbonyl (C=O) groups excluding carboxylic acids is 3. The quantitative estimate of drug-likeness (QED) is 0.358. The van der Waals surface area contributed by atoms with Crippen LogP contribution in [0.3, 0.4) is 0 Å². The van der Waals surface area contributed by atoms with Gasteiger partial charge in [0.15, 0.2) is 0 Å². The fourth-order valence-electron chi connectivity index (χ4n) is 4.93. The van der Waals surface area contributed by atoms with Crippen molar-refractivity contribution >= 4 is 18.0 Å². The Labute approximate surface area is 235 Å². The van der Waals surface area contributed by atoms with Crippen molar-refractivity contribution < 1.29 is 28.6 Å². The molecule has 1 aliphatic rings. The molecular formula is C32H36N2O6. The van der Waals surface area contributed by atoms with Crippen molar-refractivity contribution in [3.63, 3.8) is 0 Å². The van der Waals surface area contributed by atoms with E-state index in [-0.39, 0.29) is 24.9 Å². The first-order chi connectivity index (χ1) is 19.1. The first-order valence-corrected chi connectivity index (χ1v) is 13.3. The van der Waals surface area contributed by atoms with Crippen molar-refractivity contribution in [2.75, 3.05) is 20.8 Å². The molecule has 1 atom stereocenters. The molecule has 0 saturated carbocycles. The second-order valence-corrected chi connectivity index (χ2v) is 10.7. The van der Waals surface area contributed by atoms with E-state index in [1.165, 1.54) is 7.11 Å². The Balaban J connectivity index is 1.45. The normalized spacial score (nSPS) is 13.0. The summed E-state index contributed by atoms with van der Waals surface area (Å²) >= 11 is 0. The van der Waals surface area contributed by atoms with E-state index in [1.807, 2.05) is 24.3 Å². The number of aryl methyl sites for hydroxylation is 1. The number of ether oxygens (including phenoxy) is 3. The summed E-state index contributed by atoms with van der Waals surface area (Å²) in [6.45, 7) is 5.46. The van der Waals surface area contributed by atoms with Crippen molar-refractivity contribution in [3.05, 3.63) is 89.0 Å². The molecule has 0 spiro atoms. The van der Waals surface area contributed by atoms with Gasteiger partial charge in [0.05, 0.1) is 12.7 Å². The number of esters is 1. The lowest BCUT2D eigenvalue weighted by Gasteiger charge is -2.25. The van der Waals surface area contributed by atoms with Crippen LogP contribution in [0.15, 0.2) is 66.7 Å². The summed E-state index contributed by atoms with van der Waals surface area (Å²) in [5.41, 5.74) is 5.01. The number of amides is 2. The maximum atomic E-state index is 13.0. The molecular weight excluding hydrogens is 508 g/mol. The zero-order chi connectivity index (χ0) is 28.9. The van der Waals surface area contributed by atoms with Gasteiger partial charge >= 0.3 is 12.1 Å². The molecule has 2 amide bonds. The molecule has 0 saturated heterocycles. The Morgan fingerprint density at radius 3 is 2.12 bits per heavy atom. The van der Waals surface area contributed by atoms with E-state index in [0.29, 0.717) is 17.7 Å². The molecule has 8 heteroatoms. The van der Waals surface area contributed by atoms with Gasteiger partial charge in [-0.1, -0.05) is 54.6 Å². The van der Waals surface area contributed by atoms with Gasteiger partial charge in [-0.3, -0.25) is 4.79 Å². The smallest absolute Gasteiger partial charge is 0.407 e. The largest absolute Gasteiger partial charge is 0.496 e. The molecule has 4 rings (SSSR count). The summed E-state index contributed by atoms with van der Waals surface area (Å²) in [4.78, 5) is 38.1. The van der Waals surface area contributed by atoms with Gasteiger partial charge in [0.2, 0.25) is 0 Å². The highest BCUT2D eigenvalue weighted by Crippen LogP contribution is 2.44. The number of rotatable bonds is 9. The monoisotopic (exact) mass is 544 g/mol. The zero-order valence-electron chi connectivity index (χ0n) is 23.6. The van der Waals surface area contributed by atoms with E-state index in [2.05, 4.69) is 34.9 Å². The molecule has 0 heterocycles. The van der Waals surface area contributed by atoms with Crippen molar-refractivity contribution in [2.24, 2.45) is 0 Å². The molecule has 210 valence electrons. The van der Waals surface area contributed by atoms with Gasteiger partial charge in [0.25, 0.3) is 5.91 Å². The average Bonchev–Trinajstić information content (AvgIpc) is 3.26. The molecule has 3 aromatic carbocycles. The van der Waals surface area contributed by atoms with E-state index in [1.54, 1.807) is 46.0 Å². The van der Waals surface area contributed by atoms with Crippen LogP contribution in [0.5, 0.6) is 5.75 Å². The number of carbonyl (C=O) groups is 3. The zero-order valence-corrected chi connectivity index (χ0v) is 23.6. The lowest BCUT2D eigenvalue weighted by atomic mass is 9.98. The maximum Gasteiger partial charge on any atom is 0.407 e. The van der Waals surface area contributed by atoms with Crippen molar-refractivity contribution in [3.8, 4) is 16.9 Å². The SMILES string of the molecule is CNC(=O)c1ccc(CC[C@H](NC(=O)OCC2c3ccccc3-c3ccccc32)C(=O)OC(C)(C)C)cc1OC. The predicted molar refractivity (Wildman–Crippen MR) is 153 cm³/mol. The van der Waals surface area contributed by atoms with Crippen LogP contribution >= 0.6 is 0 Å². The van der Waals surface area contributed by atoms with Gasteiger partial charge in [0.1, 0.15) is 24.0 Å². The van der Waals surface area contributed by atoms with Crippen LogP contribution in [0, 0.1) is 0 Å². The van der Waals surface area contributed by atoms with Gasteiger partial charge in [-0.25, -0.2) is 9.59 Å². The summed E-state index contributed by atoms with van der Waals surface area (Å²) in [5, 5.41) is 5.30. The van der Waals surface area contributed by atoms with Crippen LogP contribution in [0.1, 0.15) is 60.2 Å². The Morgan fingerprint density at radius 2 is 1.55 bits per heavy atom. The van der Waals surface area contributed by atoms with Gasteiger partial charge in [-0.15, -0.1) is 0 Å². The number of methoxy groups -OCH3 is 1. The number of hydrogen-bond donors (Lipinski definition) is 2. The molecule has 1 aliphatic carbocycles. The first kappa shape index (κ1) is 28.7. The fraction of sp³-hybridized carbons (Fsp3) is 0.344. The lowest BCUT2D eigenvalue weighted by Crippen LogP contribution is -2.45. The number of fused-ring (bicyclic) bond motifs is 3. The molecule has 8 nitrogen and oxygen atoms in total. The van der Waals surface area contributed by atoms with Gasteiger partial charge < -0.3 is 24.8 Å². The highest BCUT2D eigenvalue weighted by Gasteiger charge is 2.31. The summed E-state index contributed by atoms with van der Waals surface area (Å²) in [6.07, 6.45) is 0.00441. The Kier molecular flexibility index (Phi) is 8.77. The standard InChI is InChI=1S/C32H36N2O6/c1-32(2,3)40-30(36)27(17-15-20-14-16-25(29(35)33-4)28(18-20)38-5)34-31(37)39-19-26-23-12-8-6-10-21(23)22-11-7-9-13-24(22)26/h6-14,16,18,26-27H,15,17,19H2,1-5H3,(H,33,35)(H,34,37)/t27-/m0/s1. The fourth-order valence-corrected chi connectivity index (χ4v) is 4.93. The molecule has 40 heavy (non-hydrogen) atoms. The first-order valence-electron chi connectivity index (χ1n) is 13.3. The summed E-state index contributed by atoms with van der Waals surface area (Å²) < 4.78 is 16.6. The molecule has 0 unspecified atom stereocenters. The lowest BCUT2D eigenvalue weighted by molar-refractivity contribution is -0.157. The molecule has 0 aromatic heterocycles. The van der Waals surface area contributed by atoms with E-state index in [0.717, 1.165) is 27.8 Å². The van der Waals surface area contributed by atoms with Crippen LogP contribution < -0.4 is 15.4 Å². The Morgan fingerprint density at radius 1 is 0.925 bits per heavy atom. The third-order valence-electron chi connectivity index (χ3n) is 6.79. The Bertz CT molecular complexity index is 1350. The van der Waals surface area contributed by atoms with Crippen LogP contribution in [-0.4, -0.2) is 50.4 Å². The second kappa shape index (κ2) is 12.2. The average molecular weight is 545 g/mol. The maximum absolute atomic E-state index is 13.0. The number of alkyl carbamates (subject to hydrolysis) is 1. The van der Waals surface area contributed by atoms with Gasteiger partial charge in [-0.2, -0.15) is 0 Å². The topological polar surface area (TPSA) is 103 Å². The number of hydrogen-bond acceptors (Lipinski definition) is 6. The number of benzene rings is 3. The summed E-state index contributed by atoms with van der Waals surface area (Å²) in [6, 6.07) is 20.5. The van der Waals surface area contributed by atoms with Crippen molar-refractivity contribution in [1.82, 2.24) is 10.6 Å². The minimum absolute atomic E-state index is 0.0931. The minimum Gasteiger partial charge on any atom is -0.496 e. The molecule has 0 aliphatic heterocycles. The van der Waals surface area contributed by atoms with Crippen LogP contribution in [-0.2, 0) is 20.7 Å². The summed E-state index contributed by atoms with van der Waals surface area (Å²) in [5.74, 6) is -0.471. The minimum atomic E-state index is -0.931. The summed E-state index contributed by atoms with van der Waals surface area (Å²) in [7, 11) is 3.05. The van der Waals surface area contributed by atoms with Crippen LogP contribution in [0.4, 0.5) is 4.79 Å². The van der Waals surface area contributed by atoms with Gasteiger partial charge in [-0.05, 0) is 73.6 Å². The molecule has 3 aromatic rings. The Hall–Kier alpha value is -4.33. The third-order valence-corrected chi connectivity index (χ3v) is 6.79. The van der Waals surface area contributed by atoms with E-state index in [4.69, 9.17) is 14.2 Å².